The maximum absolute atomic E-state index is 13.6. The van der Waals surface area contributed by atoms with E-state index in [9.17, 15) is 18.0 Å². The molecule has 2 aromatic heterocycles. The van der Waals surface area contributed by atoms with Crippen molar-refractivity contribution in [1.82, 2.24) is 14.8 Å². The summed E-state index contributed by atoms with van der Waals surface area (Å²) in [5.74, 6) is -0.434. The predicted octanol–water partition coefficient (Wildman–Crippen LogP) is 4.82. The molecule has 1 atom stereocenters. The number of nitrogens with one attached hydrogen (secondary N) is 1. The zero-order chi connectivity index (χ0) is 22.2. The molecule has 0 aliphatic heterocycles. The zero-order valence-corrected chi connectivity index (χ0v) is 17.3. The number of benzene rings is 1. The Morgan fingerprint density at radius 1 is 1.17 bits per heavy atom. The number of amides is 1. The van der Waals surface area contributed by atoms with E-state index in [-0.39, 0.29) is 22.6 Å². The van der Waals surface area contributed by atoms with Gasteiger partial charge in [0.05, 0.1) is 16.6 Å². The lowest BCUT2D eigenvalue weighted by molar-refractivity contribution is -0.136. The molecule has 1 amide bonds. The van der Waals surface area contributed by atoms with E-state index in [1.807, 2.05) is 12.1 Å². The number of fused-ring (bicyclic) bond motifs is 1. The minimum absolute atomic E-state index is 0.0363. The summed E-state index contributed by atoms with van der Waals surface area (Å²) in [6, 6.07) is 8.15. The second-order valence-electron chi connectivity index (χ2n) is 7.44. The topological polar surface area (TPSA) is 69.0 Å². The Bertz CT molecular complexity index is 1070. The highest BCUT2D eigenvalue weighted by molar-refractivity contribution is 5.94. The van der Waals surface area contributed by atoms with Gasteiger partial charge in [-0.25, -0.2) is 0 Å². The summed E-state index contributed by atoms with van der Waals surface area (Å²) >= 11 is 0. The molecule has 6 nitrogen and oxygen atoms in total. The van der Waals surface area contributed by atoms with Gasteiger partial charge in [0.25, 0.3) is 5.91 Å². The SMILES string of the molecule is Cc1nn(C)c2nc(O[C@@H](C)C(=O)Nc3ccc(C(C)C)cc3)cc(C(F)(F)F)c12. The van der Waals surface area contributed by atoms with Gasteiger partial charge in [0.15, 0.2) is 11.8 Å². The Labute approximate surface area is 172 Å². The first-order chi connectivity index (χ1) is 14.0. The van der Waals surface area contributed by atoms with Crippen molar-refractivity contribution in [3.05, 3.63) is 47.2 Å². The lowest BCUT2D eigenvalue weighted by Crippen LogP contribution is -2.30. The Hall–Kier alpha value is -3.10. The fourth-order valence-electron chi connectivity index (χ4n) is 3.14. The molecule has 0 aliphatic rings. The maximum Gasteiger partial charge on any atom is 0.417 e. The second kappa shape index (κ2) is 7.97. The van der Waals surface area contributed by atoms with Crippen LogP contribution in [-0.4, -0.2) is 26.8 Å². The number of nitrogens with zero attached hydrogens (tertiary/aromatic N) is 3. The second-order valence-corrected chi connectivity index (χ2v) is 7.44. The maximum atomic E-state index is 13.6. The van der Waals surface area contributed by atoms with Crippen molar-refractivity contribution in [2.24, 2.45) is 7.05 Å². The molecule has 0 unspecified atom stereocenters. The molecular weight excluding hydrogens is 397 g/mol. The Balaban J connectivity index is 1.83. The van der Waals surface area contributed by atoms with Gasteiger partial charge < -0.3 is 10.1 Å². The number of hydrogen-bond acceptors (Lipinski definition) is 4. The van der Waals surface area contributed by atoms with Crippen LogP contribution in [0.1, 0.15) is 43.5 Å². The first kappa shape index (κ1) is 21.6. The van der Waals surface area contributed by atoms with Crippen LogP contribution in [-0.2, 0) is 18.0 Å². The Morgan fingerprint density at radius 3 is 2.37 bits per heavy atom. The molecule has 2 heterocycles. The van der Waals surface area contributed by atoms with Gasteiger partial charge in [0.2, 0.25) is 5.88 Å². The molecule has 0 bridgehead atoms. The molecule has 160 valence electrons. The van der Waals surface area contributed by atoms with Gasteiger partial charge in [-0.15, -0.1) is 0 Å². The van der Waals surface area contributed by atoms with Crippen molar-refractivity contribution in [3.63, 3.8) is 0 Å². The highest BCUT2D eigenvalue weighted by Gasteiger charge is 2.36. The van der Waals surface area contributed by atoms with Gasteiger partial charge in [-0.2, -0.15) is 23.3 Å². The number of hydrogen-bond donors (Lipinski definition) is 1. The highest BCUT2D eigenvalue weighted by Crippen LogP contribution is 2.37. The quantitative estimate of drug-likeness (QED) is 0.642. The molecule has 0 aliphatic carbocycles. The summed E-state index contributed by atoms with van der Waals surface area (Å²) in [5, 5.41) is 6.62. The number of halogens is 3. The highest BCUT2D eigenvalue weighted by atomic mass is 19.4. The van der Waals surface area contributed by atoms with Gasteiger partial charge in [-0.05, 0) is 37.5 Å². The molecule has 0 spiro atoms. The van der Waals surface area contributed by atoms with E-state index in [2.05, 4.69) is 29.2 Å². The molecule has 0 saturated heterocycles. The number of carbonyl (C=O) groups excluding carboxylic acids is 1. The van der Waals surface area contributed by atoms with Gasteiger partial charge in [-0.3, -0.25) is 9.48 Å². The summed E-state index contributed by atoms with van der Waals surface area (Å²) in [5.41, 5.74) is 1.05. The third-order valence-corrected chi connectivity index (χ3v) is 4.76. The van der Waals surface area contributed by atoms with Gasteiger partial charge in [-0.1, -0.05) is 26.0 Å². The van der Waals surface area contributed by atoms with Crippen LogP contribution in [0.2, 0.25) is 0 Å². The van der Waals surface area contributed by atoms with Crippen molar-refractivity contribution in [2.75, 3.05) is 5.32 Å². The van der Waals surface area contributed by atoms with E-state index in [1.54, 1.807) is 12.1 Å². The molecule has 0 saturated carbocycles. The molecule has 1 aromatic carbocycles. The summed E-state index contributed by atoms with van der Waals surface area (Å²) in [6.07, 6.45) is -5.67. The number of aryl methyl sites for hydroxylation is 2. The minimum atomic E-state index is -4.61. The molecule has 9 heteroatoms. The van der Waals surface area contributed by atoms with E-state index in [0.717, 1.165) is 11.6 Å². The summed E-state index contributed by atoms with van der Waals surface area (Å²) in [6.45, 7) is 7.06. The predicted molar refractivity (Wildman–Crippen MR) is 107 cm³/mol. The van der Waals surface area contributed by atoms with Crippen molar-refractivity contribution < 1.29 is 22.7 Å². The van der Waals surface area contributed by atoms with E-state index < -0.39 is 23.8 Å². The van der Waals surface area contributed by atoms with Gasteiger partial charge >= 0.3 is 6.18 Å². The normalized spacial score (nSPS) is 13.0. The van der Waals surface area contributed by atoms with Crippen LogP contribution in [0.5, 0.6) is 5.88 Å². The molecule has 3 rings (SSSR count). The average Bonchev–Trinajstić information content (AvgIpc) is 2.94. The van der Waals surface area contributed by atoms with Crippen LogP contribution < -0.4 is 10.1 Å². The number of alkyl halides is 3. The first-order valence-corrected chi connectivity index (χ1v) is 9.46. The number of ether oxygens (including phenoxy) is 1. The Morgan fingerprint density at radius 2 is 1.80 bits per heavy atom. The fraction of sp³-hybridized carbons (Fsp3) is 0.381. The van der Waals surface area contributed by atoms with Crippen molar-refractivity contribution >= 4 is 22.6 Å². The monoisotopic (exact) mass is 420 g/mol. The minimum Gasteiger partial charge on any atom is -0.464 e. The average molecular weight is 420 g/mol. The molecular formula is C21H23F3N4O2. The van der Waals surface area contributed by atoms with E-state index in [0.29, 0.717) is 11.6 Å². The van der Waals surface area contributed by atoms with Gasteiger partial charge in [0.1, 0.15) is 0 Å². The van der Waals surface area contributed by atoms with Gasteiger partial charge in [0, 0.05) is 18.8 Å². The number of pyridine rings is 1. The molecule has 0 fully saturated rings. The van der Waals surface area contributed by atoms with Crippen LogP contribution in [0.25, 0.3) is 11.0 Å². The first-order valence-electron chi connectivity index (χ1n) is 9.46. The van der Waals surface area contributed by atoms with Crippen LogP contribution >= 0.6 is 0 Å². The number of rotatable bonds is 5. The fourth-order valence-corrected chi connectivity index (χ4v) is 3.14. The van der Waals surface area contributed by atoms with Crippen molar-refractivity contribution in [3.8, 4) is 5.88 Å². The van der Waals surface area contributed by atoms with Crippen LogP contribution in [0.3, 0.4) is 0 Å². The third kappa shape index (κ3) is 4.39. The van der Waals surface area contributed by atoms with Crippen LogP contribution in [0.4, 0.5) is 18.9 Å². The van der Waals surface area contributed by atoms with Crippen LogP contribution in [0, 0.1) is 6.92 Å². The Kier molecular flexibility index (Phi) is 5.74. The van der Waals surface area contributed by atoms with E-state index >= 15 is 0 Å². The number of anilines is 1. The van der Waals surface area contributed by atoms with Crippen LogP contribution in [0.15, 0.2) is 30.3 Å². The van der Waals surface area contributed by atoms with Crippen molar-refractivity contribution in [2.45, 2.75) is 45.9 Å². The molecule has 30 heavy (non-hydrogen) atoms. The van der Waals surface area contributed by atoms with E-state index in [1.165, 1.54) is 25.6 Å². The number of carbonyl (C=O) groups is 1. The summed E-state index contributed by atoms with van der Waals surface area (Å²) in [7, 11) is 1.50. The number of aromatic nitrogens is 3. The largest absolute Gasteiger partial charge is 0.464 e. The van der Waals surface area contributed by atoms with Crippen molar-refractivity contribution in [1.29, 1.82) is 0 Å². The molecule has 3 aromatic rings. The zero-order valence-electron chi connectivity index (χ0n) is 17.3. The molecule has 0 radical (unpaired) electrons. The standard InChI is InChI=1S/C21H23F3N4O2/c1-11(2)14-6-8-15(9-7-14)25-20(29)13(4)30-17-10-16(21(22,23)24)18-12(3)27-28(5)19(18)26-17/h6-11,13H,1-5H3,(H,25,29)/t13-/m0/s1. The van der Waals surface area contributed by atoms with E-state index in [4.69, 9.17) is 4.74 Å². The lowest BCUT2D eigenvalue weighted by atomic mass is 10.0. The lowest BCUT2D eigenvalue weighted by Gasteiger charge is -2.16. The third-order valence-electron chi connectivity index (χ3n) is 4.76. The summed E-state index contributed by atoms with van der Waals surface area (Å²) < 4.78 is 47.4. The smallest absolute Gasteiger partial charge is 0.417 e. The summed E-state index contributed by atoms with van der Waals surface area (Å²) in [4.78, 5) is 16.6. The molecule has 1 N–H and O–H groups in total.